The van der Waals surface area contributed by atoms with Crippen molar-refractivity contribution in [1.29, 1.82) is 0 Å². The highest BCUT2D eigenvalue weighted by Crippen LogP contribution is 2.46. The number of carbonyl (C=O) groups is 1. The fraction of sp³-hybridized carbons (Fsp3) is 0.381. The molecule has 33 heavy (non-hydrogen) atoms. The summed E-state index contributed by atoms with van der Waals surface area (Å²) in [4.78, 5) is 37.4. The van der Waals surface area contributed by atoms with Crippen LogP contribution in [0.5, 0.6) is 5.75 Å². The summed E-state index contributed by atoms with van der Waals surface area (Å²) in [5, 5.41) is 2.55. The van der Waals surface area contributed by atoms with Gasteiger partial charge in [0.05, 0.1) is 25.7 Å². The van der Waals surface area contributed by atoms with Gasteiger partial charge in [-0.3, -0.25) is 23.7 Å². The maximum absolute atomic E-state index is 13.4. The van der Waals surface area contributed by atoms with E-state index >= 15 is 0 Å². The van der Waals surface area contributed by atoms with Crippen LogP contribution in [0.4, 0.5) is 0 Å². The molecular formula is C21H24N3O8P. The topological polar surface area (TPSA) is 138 Å². The summed E-state index contributed by atoms with van der Waals surface area (Å²) in [6.07, 6.45) is 5.71. The highest BCUT2D eigenvalue weighted by atomic mass is 31.2. The Morgan fingerprint density at radius 1 is 1.36 bits per heavy atom. The minimum Gasteiger partial charge on any atom is -0.468 e. The average molecular weight is 477 g/mol. The van der Waals surface area contributed by atoms with E-state index in [1.165, 1.54) is 30.9 Å². The van der Waals surface area contributed by atoms with Gasteiger partial charge in [-0.25, -0.2) is 9.36 Å². The number of nitrogens with one attached hydrogen (secondary N) is 2. The molecule has 0 spiro atoms. The number of nitrogens with zero attached hydrogens (tertiary/aromatic N) is 1. The Morgan fingerprint density at radius 3 is 2.73 bits per heavy atom. The zero-order chi connectivity index (χ0) is 24.0. The number of rotatable bonds is 9. The Morgan fingerprint density at radius 2 is 2.09 bits per heavy atom. The number of hydrogen-bond acceptors (Lipinski definition) is 8. The normalized spacial score (nSPS) is 22.6. The molecule has 2 N–H and O–H groups in total. The van der Waals surface area contributed by atoms with Crippen LogP contribution in [0.3, 0.4) is 0 Å². The van der Waals surface area contributed by atoms with Gasteiger partial charge in [-0.1, -0.05) is 24.1 Å². The molecule has 0 saturated carbocycles. The first-order valence-corrected chi connectivity index (χ1v) is 11.6. The third-order valence-electron chi connectivity index (χ3n) is 4.84. The standard InChI is InChI=1S/C21H24N3O8P/c1-4-15-12-17(31-19(15)24-11-10-18(25)22-21(24)27)13-30-33(28,23-14(2)20(26)29-3)32-16-8-6-5-7-9-16/h1,5-11,14-15,17,19H,12-13H2,2-3H3,(H,23,28)(H,22,25,27)/t14-,15?,17?,19?,33?/m0/s1. The lowest BCUT2D eigenvalue weighted by Crippen LogP contribution is -2.35. The number of esters is 1. The predicted octanol–water partition coefficient (Wildman–Crippen LogP) is 1.43. The van der Waals surface area contributed by atoms with E-state index in [1.807, 2.05) is 0 Å². The van der Waals surface area contributed by atoms with Crippen molar-refractivity contribution < 1.29 is 27.9 Å². The minimum atomic E-state index is -4.05. The van der Waals surface area contributed by atoms with Crippen LogP contribution in [-0.2, 0) is 23.4 Å². The SMILES string of the molecule is C#CC1CC(COP(=O)(N[C@@H](C)C(=O)OC)Oc2ccccc2)OC1n1ccc(=O)[nH]c1=O. The van der Waals surface area contributed by atoms with Gasteiger partial charge in [-0.15, -0.1) is 6.42 Å². The summed E-state index contributed by atoms with van der Waals surface area (Å²) < 4.78 is 36.3. The quantitative estimate of drug-likeness (QED) is 0.312. The minimum absolute atomic E-state index is 0.211. The first-order valence-electron chi connectivity index (χ1n) is 10.0. The number of benzene rings is 1. The van der Waals surface area contributed by atoms with E-state index in [9.17, 15) is 18.9 Å². The van der Waals surface area contributed by atoms with Gasteiger partial charge in [0.1, 0.15) is 11.8 Å². The molecule has 0 bridgehead atoms. The van der Waals surface area contributed by atoms with Gasteiger partial charge in [0.15, 0.2) is 6.23 Å². The first kappa shape index (κ1) is 24.5. The van der Waals surface area contributed by atoms with Crippen molar-refractivity contribution in [2.75, 3.05) is 13.7 Å². The van der Waals surface area contributed by atoms with Crippen LogP contribution in [0.1, 0.15) is 19.6 Å². The smallest absolute Gasteiger partial charge is 0.459 e. The van der Waals surface area contributed by atoms with Gasteiger partial charge in [-0.2, -0.15) is 5.09 Å². The van der Waals surface area contributed by atoms with Gasteiger partial charge in [0, 0.05) is 12.3 Å². The Kier molecular flexibility index (Phi) is 7.89. The van der Waals surface area contributed by atoms with E-state index in [0.29, 0.717) is 6.42 Å². The molecule has 2 aromatic rings. The second-order valence-electron chi connectivity index (χ2n) is 7.25. The van der Waals surface area contributed by atoms with E-state index in [2.05, 4.69) is 20.7 Å². The number of methoxy groups -OCH3 is 1. The average Bonchev–Trinajstić information content (AvgIpc) is 3.21. The van der Waals surface area contributed by atoms with Gasteiger partial charge in [0.2, 0.25) is 0 Å². The molecule has 176 valence electrons. The van der Waals surface area contributed by atoms with Gasteiger partial charge in [-0.05, 0) is 25.5 Å². The largest absolute Gasteiger partial charge is 0.468 e. The van der Waals surface area contributed by atoms with E-state index in [1.54, 1.807) is 30.3 Å². The van der Waals surface area contributed by atoms with E-state index in [4.69, 9.17) is 20.2 Å². The lowest BCUT2D eigenvalue weighted by atomic mass is 10.0. The molecule has 1 saturated heterocycles. The van der Waals surface area contributed by atoms with Crippen molar-refractivity contribution >= 4 is 13.7 Å². The molecule has 1 aromatic carbocycles. The van der Waals surface area contributed by atoms with Crippen LogP contribution in [0.15, 0.2) is 52.2 Å². The lowest BCUT2D eigenvalue weighted by Gasteiger charge is -2.24. The van der Waals surface area contributed by atoms with Crippen LogP contribution < -0.4 is 20.9 Å². The van der Waals surface area contributed by atoms with Crippen molar-refractivity contribution in [2.24, 2.45) is 5.92 Å². The third-order valence-corrected chi connectivity index (χ3v) is 6.48. The molecule has 2 heterocycles. The van der Waals surface area contributed by atoms with E-state index < -0.39 is 49.3 Å². The van der Waals surface area contributed by atoms with Crippen molar-refractivity contribution in [2.45, 2.75) is 31.7 Å². The molecular weight excluding hydrogens is 453 g/mol. The van der Waals surface area contributed by atoms with Gasteiger partial charge in [0.25, 0.3) is 5.56 Å². The molecule has 4 unspecified atom stereocenters. The second kappa shape index (κ2) is 10.6. The molecule has 0 radical (unpaired) electrons. The number of H-pyrrole nitrogens is 1. The van der Waals surface area contributed by atoms with Crippen LogP contribution in [-0.4, -0.2) is 41.4 Å². The summed E-state index contributed by atoms with van der Waals surface area (Å²) in [6.45, 7) is 1.24. The predicted molar refractivity (Wildman–Crippen MR) is 117 cm³/mol. The fourth-order valence-corrected chi connectivity index (χ4v) is 4.77. The number of ether oxygens (including phenoxy) is 2. The Bertz CT molecular complexity index is 1170. The molecule has 11 nitrogen and oxygen atoms in total. The first-order chi connectivity index (χ1) is 15.7. The summed E-state index contributed by atoms with van der Waals surface area (Å²) in [7, 11) is -2.85. The molecule has 5 atom stereocenters. The van der Waals surface area contributed by atoms with Crippen LogP contribution in [0, 0.1) is 18.3 Å². The van der Waals surface area contributed by atoms with Crippen molar-refractivity contribution in [3.8, 4) is 18.1 Å². The van der Waals surface area contributed by atoms with Crippen molar-refractivity contribution in [1.82, 2.24) is 14.6 Å². The number of terminal acetylenes is 1. The second-order valence-corrected chi connectivity index (χ2v) is 8.94. The Hall–Kier alpha value is -3.16. The maximum atomic E-state index is 13.4. The summed E-state index contributed by atoms with van der Waals surface area (Å²) in [5.41, 5.74) is -1.21. The Labute approximate surface area is 189 Å². The lowest BCUT2D eigenvalue weighted by molar-refractivity contribution is -0.142. The van der Waals surface area contributed by atoms with Crippen LogP contribution in [0.25, 0.3) is 0 Å². The summed E-state index contributed by atoms with van der Waals surface area (Å²) in [5.74, 6) is 1.67. The van der Waals surface area contributed by atoms with Crippen molar-refractivity contribution in [3.63, 3.8) is 0 Å². The highest BCUT2D eigenvalue weighted by Gasteiger charge is 2.39. The van der Waals surface area contributed by atoms with E-state index in [-0.39, 0.29) is 12.4 Å². The number of aromatic amines is 1. The molecule has 12 heteroatoms. The molecule has 0 aliphatic carbocycles. The fourth-order valence-electron chi connectivity index (χ4n) is 3.25. The molecule has 1 aliphatic heterocycles. The molecule has 1 aromatic heterocycles. The van der Waals surface area contributed by atoms with Gasteiger partial charge < -0.3 is 14.0 Å². The number of hydrogen-bond donors (Lipinski definition) is 2. The summed E-state index contributed by atoms with van der Waals surface area (Å²) in [6, 6.07) is 8.50. The molecule has 1 fully saturated rings. The molecule has 3 rings (SSSR count). The number of carbonyl (C=O) groups excluding carboxylic acids is 1. The van der Waals surface area contributed by atoms with Crippen LogP contribution >= 0.6 is 7.75 Å². The highest BCUT2D eigenvalue weighted by molar-refractivity contribution is 7.52. The zero-order valence-electron chi connectivity index (χ0n) is 18.0. The number of aromatic nitrogens is 2. The van der Waals surface area contributed by atoms with Crippen LogP contribution in [0.2, 0.25) is 0 Å². The summed E-state index contributed by atoms with van der Waals surface area (Å²) >= 11 is 0. The Balaban J connectivity index is 1.74. The third kappa shape index (κ3) is 6.21. The maximum Gasteiger partial charge on any atom is 0.459 e. The number of para-hydroxylation sites is 1. The van der Waals surface area contributed by atoms with E-state index in [0.717, 1.165) is 0 Å². The molecule has 0 amide bonds. The van der Waals surface area contributed by atoms with Crippen molar-refractivity contribution in [3.05, 3.63) is 63.4 Å². The monoisotopic (exact) mass is 477 g/mol. The molecule has 1 aliphatic rings. The van der Waals surface area contributed by atoms with Gasteiger partial charge >= 0.3 is 19.4 Å². The zero-order valence-corrected chi connectivity index (χ0v) is 18.9.